The van der Waals surface area contributed by atoms with Gasteiger partial charge in [0, 0.05) is 19.1 Å². The van der Waals surface area contributed by atoms with Crippen LogP contribution in [0.1, 0.15) is 20.3 Å². The zero-order valence-electron chi connectivity index (χ0n) is 11.3. The number of nitrogens with zero attached hydrogens (tertiary/aromatic N) is 1. The van der Waals surface area contributed by atoms with Gasteiger partial charge in [-0.25, -0.2) is 0 Å². The van der Waals surface area contributed by atoms with E-state index in [1.54, 1.807) is 6.92 Å². The van der Waals surface area contributed by atoms with Crippen molar-refractivity contribution in [1.82, 2.24) is 10.2 Å². The lowest BCUT2D eigenvalue weighted by Crippen LogP contribution is -2.51. The molecule has 2 unspecified atom stereocenters. The van der Waals surface area contributed by atoms with Crippen LogP contribution in [0.3, 0.4) is 0 Å². The molecule has 0 aromatic rings. The second-order valence-corrected chi connectivity index (χ2v) is 5.03. The minimum Gasteiger partial charge on any atom is -0.465 e. The number of piperidine rings is 1. The van der Waals surface area contributed by atoms with E-state index in [-0.39, 0.29) is 24.5 Å². The number of carbonyl (C=O) groups is 1. The minimum atomic E-state index is -4.20. The van der Waals surface area contributed by atoms with Gasteiger partial charge in [0.1, 0.15) is 0 Å². The van der Waals surface area contributed by atoms with Crippen LogP contribution in [0.15, 0.2) is 0 Å². The Hall–Kier alpha value is -0.820. The molecule has 4 nitrogen and oxygen atoms in total. The second kappa shape index (κ2) is 7.09. The third-order valence-corrected chi connectivity index (χ3v) is 2.98. The van der Waals surface area contributed by atoms with Crippen LogP contribution in [-0.4, -0.2) is 55.9 Å². The summed E-state index contributed by atoms with van der Waals surface area (Å²) in [6, 6.07) is -0.236. The predicted octanol–water partition coefficient (Wildman–Crippen LogP) is 1.41. The molecule has 0 aromatic carbocycles. The molecule has 1 N–H and O–H groups in total. The van der Waals surface area contributed by atoms with Gasteiger partial charge >= 0.3 is 12.1 Å². The molecule has 1 fully saturated rings. The van der Waals surface area contributed by atoms with Crippen molar-refractivity contribution in [2.24, 2.45) is 5.92 Å². The van der Waals surface area contributed by atoms with Crippen molar-refractivity contribution in [2.45, 2.75) is 32.5 Å². The zero-order valence-corrected chi connectivity index (χ0v) is 11.3. The van der Waals surface area contributed by atoms with Gasteiger partial charge < -0.3 is 10.1 Å². The molecule has 1 aliphatic heterocycles. The highest BCUT2D eigenvalue weighted by Gasteiger charge is 2.31. The van der Waals surface area contributed by atoms with Crippen molar-refractivity contribution in [2.75, 3.05) is 32.8 Å². The third-order valence-electron chi connectivity index (χ3n) is 2.98. The fraction of sp³-hybridized carbons (Fsp3) is 0.917. The lowest BCUT2D eigenvalue weighted by atomic mass is 9.96. The monoisotopic (exact) mass is 282 g/mol. The number of nitrogens with one attached hydrogen (secondary N) is 1. The molecular weight excluding hydrogens is 261 g/mol. The van der Waals surface area contributed by atoms with Gasteiger partial charge in [0.2, 0.25) is 0 Å². The Morgan fingerprint density at radius 3 is 2.68 bits per heavy atom. The maximum Gasteiger partial charge on any atom is 0.401 e. The van der Waals surface area contributed by atoms with Gasteiger partial charge in [-0.05, 0) is 19.3 Å². The van der Waals surface area contributed by atoms with Gasteiger partial charge in [0.25, 0.3) is 0 Å². The van der Waals surface area contributed by atoms with Crippen molar-refractivity contribution in [3.05, 3.63) is 0 Å². The molecule has 0 spiro atoms. The molecule has 0 radical (unpaired) electrons. The average molecular weight is 282 g/mol. The molecule has 0 saturated carbocycles. The Balaban J connectivity index is 2.41. The summed E-state index contributed by atoms with van der Waals surface area (Å²) in [6.45, 7) is 4.32. The van der Waals surface area contributed by atoms with Gasteiger partial charge in [0.05, 0.1) is 19.7 Å². The number of hydrogen-bond donors (Lipinski definition) is 1. The standard InChI is InChI=1S/C12H21F3N2O2/c1-3-19-11(18)7-17-5-9(2)4-10(6-17)16-8-12(13,14)15/h9-10,16H,3-8H2,1-2H3. The Morgan fingerprint density at radius 2 is 2.11 bits per heavy atom. The van der Waals surface area contributed by atoms with E-state index in [1.165, 1.54) is 0 Å². The van der Waals surface area contributed by atoms with Crippen LogP contribution in [-0.2, 0) is 9.53 Å². The van der Waals surface area contributed by atoms with Gasteiger partial charge in [-0.2, -0.15) is 13.2 Å². The molecule has 7 heteroatoms. The second-order valence-electron chi connectivity index (χ2n) is 5.03. The van der Waals surface area contributed by atoms with Gasteiger partial charge in [-0.1, -0.05) is 6.92 Å². The van der Waals surface area contributed by atoms with Crippen molar-refractivity contribution in [3.63, 3.8) is 0 Å². The van der Waals surface area contributed by atoms with E-state index in [9.17, 15) is 18.0 Å². The molecule has 1 aliphatic rings. The summed E-state index contributed by atoms with van der Waals surface area (Å²) in [5.41, 5.74) is 0. The molecule has 1 saturated heterocycles. The molecule has 2 atom stereocenters. The summed E-state index contributed by atoms with van der Waals surface area (Å²) in [5.74, 6) is -0.0694. The molecule has 1 rings (SSSR count). The first-order valence-electron chi connectivity index (χ1n) is 6.48. The first-order valence-corrected chi connectivity index (χ1v) is 6.48. The Kier molecular flexibility index (Phi) is 6.06. The number of alkyl halides is 3. The van der Waals surface area contributed by atoms with Gasteiger partial charge in [-0.3, -0.25) is 9.69 Å². The highest BCUT2D eigenvalue weighted by Crippen LogP contribution is 2.18. The normalized spacial score (nSPS) is 25.3. The number of esters is 1. The predicted molar refractivity (Wildman–Crippen MR) is 64.7 cm³/mol. The summed E-state index contributed by atoms with van der Waals surface area (Å²) in [7, 11) is 0. The fourth-order valence-electron chi connectivity index (χ4n) is 2.39. The van der Waals surface area contributed by atoms with Crippen LogP contribution in [0.5, 0.6) is 0 Å². The van der Waals surface area contributed by atoms with Gasteiger partial charge in [0.15, 0.2) is 0 Å². The van der Waals surface area contributed by atoms with Crippen molar-refractivity contribution >= 4 is 5.97 Å². The minimum absolute atomic E-state index is 0.141. The first-order chi connectivity index (χ1) is 8.80. The van der Waals surface area contributed by atoms with Gasteiger partial charge in [-0.15, -0.1) is 0 Å². The van der Waals surface area contributed by atoms with E-state index in [0.29, 0.717) is 26.1 Å². The number of likely N-dealkylation sites (tertiary alicyclic amines) is 1. The summed E-state index contributed by atoms with van der Waals surface area (Å²) in [6.07, 6.45) is -3.51. The van der Waals surface area contributed by atoms with E-state index in [2.05, 4.69) is 5.32 Å². The quantitative estimate of drug-likeness (QED) is 0.774. The Bertz CT molecular complexity index is 297. The number of halogens is 3. The Labute approximate surface area is 111 Å². The summed E-state index contributed by atoms with van der Waals surface area (Å²) in [4.78, 5) is 13.2. The topological polar surface area (TPSA) is 41.6 Å². The van der Waals surface area contributed by atoms with Crippen molar-refractivity contribution in [3.8, 4) is 0 Å². The molecule has 0 bridgehead atoms. The van der Waals surface area contributed by atoms with Crippen molar-refractivity contribution in [1.29, 1.82) is 0 Å². The highest BCUT2D eigenvalue weighted by atomic mass is 19.4. The van der Waals surface area contributed by atoms with E-state index in [4.69, 9.17) is 4.74 Å². The van der Waals surface area contributed by atoms with E-state index >= 15 is 0 Å². The zero-order chi connectivity index (χ0) is 14.5. The molecule has 0 amide bonds. The summed E-state index contributed by atoms with van der Waals surface area (Å²) < 4.78 is 41.3. The lowest BCUT2D eigenvalue weighted by Gasteiger charge is -2.36. The SMILES string of the molecule is CCOC(=O)CN1CC(C)CC(NCC(F)(F)F)C1. The maximum absolute atomic E-state index is 12.2. The number of rotatable bonds is 5. The largest absolute Gasteiger partial charge is 0.465 e. The molecule has 0 aliphatic carbocycles. The van der Waals surface area contributed by atoms with Crippen LogP contribution in [0.2, 0.25) is 0 Å². The Morgan fingerprint density at radius 1 is 1.42 bits per heavy atom. The lowest BCUT2D eigenvalue weighted by molar-refractivity contribution is -0.145. The third kappa shape index (κ3) is 6.77. The molecule has 1 heterocycles. The number of carbonyl (C=O) groups excluding carboxylic acids is 1. The van der Waals surface area contributed by atoms with E-state index < -0.39 is 12.7 Å². The highest BCUT2D eigenvalue weighted by molar-refractivity contribution is 5.71. The molecule has 19 heavy (non-hydrogen) atoms. The number of hydrogen-bond acceptors (Lipinski definition) is 4. The molecule has 112 valence electrons. The first kappa shape index (κ1) is 16.2. The van der Waals surface area contributed by atoms with Crippen LogP contribution in [0.25, 0.3) is 0 Å². The van der Waals surface area contributed by atoms with Crippen LogP contribution in [0.4, 0.5) is 13.2 Å². The average Bonchev–Trinajstić information content (AvgIpc) is 2.25. The molecular formula is C12H21F3N2O2. The maximum atomic E-state index is 12.2. The van der Waals surface area contributed by atoms with E-state index in [0.717, 1.165) is 0 Å². The van der Waals surface area contributed by atoms with Crippen LogP contribution >= 0.6 is 0 Å². The number of ether oxygens (including phenoxy) is 1. The van der Waals surface area contributed by atoms with Crippen LogP contribution < -0.4 is 5.32 Å². The smallest absolute Gasteiger partial charge is 0.401 e. The summed E-state index contributed by atoms with van der Waals surface area (Å²) >= 11 is 0. The molecule has 0 aromatic heterocycles. The van der Waals surface area contributed by atoms with E-state index in [1.807, 2.05) is 11.8 Å². The summed E-state index contributed by atoms with van der Waals surface area (Å²) in [5, 5.41) is 2.51. The fourth-order valence-corrected chi connectivity index (χ4v) is 2.39. The van der Waals surface area contributed by atoms with Crippen molar-refractivity contribution < 1.29 is 22.7 Å². The van der Waals surface area contributed by atoms with Crippen LogP contribution in [0, 0.1) is 5.92 Å².